The van der Waals surface area contributed by atoms with Crippen molar-refractivity contribution in [3.63, 3.8) is 0 Å². The maximum absolute atomic E-state index is 12.9. The predicted octanol–water partition coefficient (Wildman–Crippen LogP) is 3.63. The predicted molar refractivity (Wildman–Crippen MR) is 104 cm³/mol. The number of carbonyl (C=O) groups is 1. The Kier molecular flexibility index (Phi) is 6.89. The third-order valence-electron chi connectivity index (χ3n) is 5.23. The van der Waals surface area contributed by atoms with E-state index in [-0.39, 0.29) is 5.91 Å². The molecule has 4 heteroatoms. The summed E-state index contributed by atoms with van der Waals surface area (Å²) in [6.45, 7) is 3.93. The minimum absolute atomic E-state index is 0.241. The fraction of sp³-hybridized carbons (Fsp3) is 0.500. The first-order valence-electron chi connectivity index (χ1n) is 9.73. The summed E-state index contributed by atoms with van der Waals surface area (Å²) in [6.07, 6.45) is 6.23. The molecule has 1 saturated heterocycles. The summed E-state index contributed by atoms with van der Waals surface area (Å²) in [7, 11) is 2.18. The molecule has 0 N–H and O–H groups in total. The van der Waals surface area contributed by atoms with Crippen LogP contribution in [0, 0.1) is 5.92 Å². The largest absolute Gasteiger partial charge is 0.469 e. The minimum atomic E-state index is 0.241. The molecule has 1 aliphatic rings. The Morgan fingerprint density at radius 2 is 2.04 bits per heavy atom. The number of hydrogen-bond acceptors (Lipinski definition) is 3. The number of nitrogens with zero attached hydrogens (tertiary/aromatic N) is 2. The van der Waals surface area contributed by atoms with Gasteiger partial charge >= 0.3 is 0 Å². The summed E-state index contributed by atoms with van der Waals surface area (Å²) in [5.74, 6) is 1.71. The van der Waals surface area contributed by atoms with Crippen LogP contribution in [0.3, 0.4) is 0 Å². The Balaban J connectivity index is 1.58. The molecule has 1 fully saturated rings. The molecule has 2 aromatic rings. The highest BCUT2D eigenvalue weighted by atomic mass is 16.3. The van der Waals surface area contributed by atoms with Gasteiger partial charge in [-0.15, -0.1) is 0 Å². The van der Waals surface area contributed by atoms with Crippen LogP contribution in [0.4, 0.5) is 0 Å². The molecule has 1 amide bonds. The summed E-state index contributed by atoms with van der Waals surface area (Å²) in [6, 6.07) is 14.3. The topological polar surface area (TPSA) is 36.7 Å². The Hall–Kier alpha value is -2.07. The zero-order chi connectivity index (χ0) is 18.2. The summed E-state index contributed by atoms with van der Waals surface area (Å²) < 4.78 is 5.38. The normalized spacial score (nSPS) is 18.0. The zero-order valence-electron chi connectivity index (χ0n) is 15.8. The van der Waals surface area contributed by atoms with Gasteiger partial charge in [-0.2, -0.15) is 0 Å². The number of furan rings is 1. The third-order valence-corrected chi connectivity index (χ3v) is 5.23. The Morgan fingerprint density at radius 1 is 1.19 bits per heavy atom. The van der Waals surface area contributed by atoms with E-state index in [0.29, 0.717) is 18.8 Å². The van der Waals surface area contributed by atoms with Gasteiger partial charge in [0.2, 0.25) is 5.91 Å². The molecule has 2 heterocycles. The van der Waals surface area contributed by atoms with Crippen LogP contribution in [0.25, 0.3) is 0 Å². The van der Waals surface area contributed by atoms with Crippen molar-refractivity contribution in [2.75, 3.05) is 33.2 Å². The average molecular weight is 354 g/mol. The number of amides is 1. The smallest absolute Gasteiger partial charge is 0.223 e. The second-order valence-corrected chi connectivity index (χ2v) is 7.43. The van der Waals surface area contributed by atoms with Gasteiger partial charge in [0.15, 0.2) is 0 Å². The maximum Gasteiger partial charge on any atom is 0.223 e. The first kappa shape index (κ1) is 18.7. The highest BCUT2D eigenvalue weighted by Crippen LogP contribution is 2.18. The fourth-order valence-corrected chi connectivity index (χ4v) is 3.80. The Labute approximate surface area is 156 Å². The second kappa shape index (κ2) is 9.58. The van der Waals surface area contributed by atoms with E-state index in [1.807, 2.05) is 18.2 Å². The monoisotopic (exact) mass is 354 g/mol. The molecular formula is C22H30N2O2. The molecule has 1 aromatic carbocycles. The second-order valence-electron chi connectivity index (χ2n) is 7.43. The molecule has 0 spiro atoms. The van der Waals surface area contributed by atoms with E-state index < -0.39 is 0 Å². The van der Waals surface area contributed by atoms with Crippen LogP contribution in [-0.4, -0.2) is 48.9 Å². The van der Waals surface area contributed by atoms with Gasteiger partial charge in [-0.1, -0.05) is 30.3 Å². The van der Waals surface area contributed by atoms with Gasteiger partial charge in [0, 0.05) is 32.5 Å². The molecule has 0 radical (unpaired) electrons. The summed E-state index contributed by atoms with van der Waals surface area (Å²) in [5, 5.41) is 0. The number of aryl methyl sites for hydroxylation is 1. The van der Waals surface area contributed by atoms with Crippen molar-refractivity contribution in [2.45, 2.75) is 32.1 Å². The lowest BCUT2D eigenvalue weighted by Crippen LogP contribution is -2.42. The number of carbonyl (C=O) groups excluding carboxylic acids is 1. The molecule has 1 aromatic heterocycles. The van der Waals surface area contributed by atoms with Gasteiger partial charge in [-0.25, -0.2) is 0 Å². The van der Waals surface area contributed by atoms with E-state index in [4.69, 9.17) is 4.42 Å². The number of rotatable bonds is 8. The quantitative estimate of drug-likeness (QED) is 0.726. The maximum atomic E-state index is 12.9. The Bertz CT molecular complexity index is 654. The number of hydrogen-bond donors (Lipinski definition) is 0. The molecule has 1 atom stereocenters. The van der Waals surface area contributed by atoms with Gasteiger partial charge in [-0.05, 0) is 56.5 Å². The number of piperidine rings is 1. The minimum Gasteiger partial charge on any atom is -0.469 e. The lowest BCUT2D eigenvalue weighted by Gasteiger charge is -2.34. The van der Waals surface area contributed by atoms with Crippen LogP contribution < -0.4 is 0 Å². The van der Waals surface area contributed by atoms with Crippen LogP contribution in [0.15, 0.2) is 53.1 Å². The van der Waals surface area contributed by atoms with E-state index in [9.17, 15) is 4.79 Å². The zero-order valence-corrected chi connectivity index (χ0v) is 15.8. The molecule has 3 rings (SSSR count). The summed E-state index contributed by atoms with van der Waals surface area (Å²) >= 11 is 0. The van der Waals surface area contributed by atoms with Crippen LogP contribution in [0.2, 0.25) is 0 Å². The number of benzene rings is 1. The molecular weight excluding hydrogens is 324 g/mol. The van der Waals surface area contributed by atoms with Crippen molar-refractivity contribution in [1.82, 2.24) is 9.80 Å². The standard InChI is InChI=1S/C22H30N2O2/c1-23-14-5-9-20(17-23)18-24(15-13-19-7-3-2-4-8-19)22(25)12-11-21-10-6-16-26-21/h2-4,6-8,10,16,20H,5,9,11-15,17-18H2,1H3. The molecule has 0 bridgehead atoms. The first-order valence-corrected chi connectivity index (χ1v) is 9.73. The lowest BCUT2D eigenvalue weighted by atomic mass is 9.97. The highest BCUT2D eigenvalue weighted by Gasteiger charge is 2.22. The van der Waals surface area contributed by atoms with E-state index >= 15 is 0 Å². The molecule has 1 aliphatic heterocycles. The van der Waals surface area contributed by atoms with Gasteiger partial charge < -0.3 is 14.2 Å². The van der Waals surface area contributed by atoms with Gasteiger partial charge in [-0.3, -0.25) is 4.79 Å². The average Bonchev–Trinajstić information content (AvgIpc) is 3.17. The molecule has 140 valence electrons. The summed E-state index contributed by atoms with van der Waals surface area (Å²) in [4.78, 5) is 17.4. The molecule has 0 saturated carbocycles. The van der Waals surface area contributed by atoms with E-state index in [2.05, 4.69) is 41.1 Å². The van der Waals surface area contributed by atoms with Crippen molar-refractivity contribution in [3.05, 3.63) is 60.1 Å². The van der Waals surface area contributed by atoms with Crippen molar-refractivity contribution >= 4 is 5.91 Å². The SMILES string of the molecule is CN1CCCC(CN(CCc2ccccc2)C(=O)CCc2ccco2)C1. The van der Waals surface area contributed by atoms with E-state index in [1.54, 1.807) is 6.26 Å². The Morgan fingerprint density at radius 3 is 2.77 bits per heavy atom. The van der Waals surface area contributed by atoms with Crippen LogP contribution in [-0.2, 0) is 17.6 Å². The third kappa shape index (κ3) is 5.73. The summed E-state index contributed by atoms with van der Waals surface area (Å²) in [5.41, 5.74) is 1.29. The van der Waals surface area contributed by atoms with Gasteiger partial charge in [0.1, 0.15) is 5.76 Å². The number of likely N-dealkylation sites (tertiary alicyclic amines) is 1. The molecule has 4 nitrogen and oxygen atoms in total. The van der Waals surface area contributed by atoms with E-state index in [1.165, 1.54) is 24.9 Å². The fourth-order valence-electron chi connectivity index (χ4n) is 3.80. The van der Waals surface area contributed by atoms with Gasteiger partial charge in [0.05, 0.1) is 6.26 Å². The van der Waals surface area contributed by atoms with Gasteiger partial charge in [0.25, 0.3) is 0 Å². The van der Waals surface area contributed by atoms with Crippen molar-refractivity contribution in [1.29, 1.82) is 0 Å². The van der Waals surface area contributed by atoms with Crippen LogP contribution in [0.1, 0.15) is 30.6 Å². The van der Waals surface area contributed by atoms with Crippen molar-refractivity contribution in [3.8, 4) is 0 Å². The van der Waals surface area contributed by atoms with E-state index in [0.717, 1.165) is 31.8 Å². The van der Waals surface area contributed by atoms with Crippen LogP contribution >= 0.6 is 0 Å². The highest BCUT2D eigenvalue weighted by molar-refractivity contribution is 5.76. The molecule has 1 unspecified atom stereocenters. The molecule has 0 aliphatic carbocycles. The lowest BCUT2D eigenvalue weighted by molar-refractivity contribution is -0.132. The molecule has 26 heavy (non-hydrogen) atoms. The van der Waals surface area contributed by atoms with Crippen molar-refractivity contribution in [2.24, 2.45) is 5.92 Å². The van der Waals surface area contributed by atoms with Crippen LogP contribution in [0.5, 0.6) is 0 Å². The first-order chi connectivity index (χ1) is 12.7. The van der Waals surface area contributed by atoms with Crippen molar-refractivity contribution < 1.29 is 9.21 Å².